The van der Waals surface area contributed by atoms with Gasteiger partial charge in [0.15, 0.2) is 5.82 Å². The molecule has 0 saturated heterocycles. The van der Waals surface area contributed by atoms with Crippen molar-refractivity contribution < 1.29 is 0 Å². The Kier molecular flexibility index (Phi) is 3.33. The minimum atomic E-state index is 0.504. The van der Waals surface area contributed by atoms with Crippen molar-refractivity contribution in [2.45, 2.75) is 11.8 Å². The molecule has 0 aliphatic carbocycles. The molecule has 1 heterocycles. The number of nitrogens with zero attached hydrogens (tertiary/aromatic N) is 1. The molecule has 5 N–H and O–H groups in total. The van der Waals surface area contributed by atoms with Gasteiger partial charge in [-0.15, -0.1) is 0 Å². The second-order valence-corrected chi connectivity index (χ2v) is 5.64. The Morgan fingerprint density at radius 3 is 2.65 bits per heavy atom. The minimum absolute atomic E-state index is 0.504. The van der Waals surface area contributed by atoms with Gasteiger partial charge in [-0.2, -0.15) is 5.10 Å². The summed E-state index contributed by atoms with van der Waals surface area (Å²) in [5.41, 5.74) is 9.90. The SMILES string of the molecule is Cc1c(-c2ccc(SN)cc2Cl)ccc2[nH]nc(N)c12. The molecule has 0 aliphatic heterocycles. The number of nitrogens with two attached hydrogens (primary N) is 2. The van der Waals surface area contributed by atoms with Gasteiger partial charge in [-0.05, 0) is 48.2 Å². The standard InChI is InChI=1S/C14H13ClN4S/c1-7-9(4-5-12-13(7)14(16)19-18-12)10-3-2-8(20-17)6-11(10)15/h2-6H,17H2,1H3,(H3,16,18,19). The maximum Gasteiger partial charge on any atom is 0.153 e. The molecule has 2 aromatic carbocycles. The lowest BCUT2D eigenvalue weighted by atomic mass is 9.97. The molecule has 0 fully saturated rings. The molecule has 4 nitrogen and oxygen atoms in total. The van der Waals surface area contributed by atoms with Gasteiger partial charge in [0.2, 0.25) is 0 Å². The highest BCUT2D eigenvalue weighted by Crippen LogP contribution is 2.36. The van der Waals surface area contributed by atoms with Crippen molar-refractivity contribution in [3.8, 4) is 11.1 Å². The summed E-state index contributed by atoms with van der Waals surface area (Å²) in [6.45, 7) is 2.02. The van der Waals surface area contributed by atoms with Gasteiger partial charge in [-0.3, -0.25) is 10.2 Å². The van der Waals surface area contributed by atoms with Crippen LogP contribution in [0.15, 0.2) is 35.2 Å². The number of rotatable bonds is 2. The third kappa shape index (κ3) is 2.04. The summed E-state index contributed by atoms with van der Waals surface area (Å²) >= 11 is 7.53. The topological polar surface area (TPSA) is 80.7 Å². The summed E-state index contributed by atoms with van der Waals surface area (Å²) in [6.07, 6.45) is 0. The average molecular weight is 305 g/mol. The molecule has 0 unspecified atom stereocenters. The molecule has 3 rings (SSSR count). The van der Waals surface area contributed by atoms with E-state index in [0.717, 1.165) is 32.5 Å². The van der Waals surface area contributed by atoms with Crippen molar-refractivity contribution in [1.29, 1.82) is 0 Å². The fraction of sp³-hybridized carbons (Fsp3) is 0.0714. The zero-order chi connectivity index (χ0) is 14.3. The summed E-state index contributed by atoms with van der Waals surface area (Å²) in [4.78, 5) is 0.931. The average Bonchev–Trinajstić information content (AvgIpc) is 2.82. The van der Waals surface area contributed by atoms with E-state index in [0.29, 0.717) is 10.8 Å². The number of fused-ring (bicyclic) bond motifs is 1. The van der Waals surface area contributed by atoms with Crippen molar-refractivity contribution in [2.75, 3.05) is 5.73 Å². The number of nitrogen functional groups attached to an aromatic ring is 1. The van der Waals surface area contributed by atoms with Crippen LogP contribution in [-0.4, -0.2) is 10.2 Å². The van der Waals surface area contributed by atoms with E-state index in [-0.39, 0.29) is 0 Å². The molecule has 6 heteroatoms. The molecular formula is C14H13ClN4S. The number of halogens is 1. The van der Waals surface area contributed by atoms with Gasteiger partial charge in [0.05, 0.1) is 5.52 Å². The van der Waals surface area contributed by atoms with Crippen molar-refractivity contribution in [2.24, 2.45) is 5.14 Å². The summed E-state index contributed by atoms with van der Waals surface area (Å²) in [6, 6.07) is 9.77. The number of hydrogen-bond acceptors (Lipinski definition) is 4. The van der Waals surface area contributed by atoms with Crippen LogP contribution < -0.4 is 10.9 Å². The van der Waals surface area contributed by atoms with Crippen molar-refractivity contribution in [3.05, 3.63) is 40.9 Å². The lowest BCUT2D eigenvalue weighted by Crippen LogP contribution is -1.90. The Morgan fingerprint density at radius 1 is 1.20 bits per heavy atom. The van der Waals surface area contributed by atoms with Crippen molar-refractivity contribution >= 4 is 40.3 Å². The van der Waals surface area contributed by atoms with Crippen LogP contribution >= 0.6 is 23.5 Å². The Labute approximate surface area is 125 Å². The van der Waals surface area contributed by atoms with Crippen LogP contribution in [0.1, 0.15) is 5.56 Å². The molecule has 1 aromatic heterocycles. The fourth-order valence-electron chi connectivity index (χ4n) is 2.39. The van der Waals surface area contributed by atoms with Gasteiger partial charge in [0.25, 0.3) is 0 Å². The summed E-state index contributed by atoms with van der Waals surface area (Å²) < 4.78 is 0. The first kappa shape index (κ1) is 13.3. The normalized spacial score (nSPS) is 11.2. The maximum atomic E-state index is 6.36. The lowest BCUT2D eigenvalue weighted by molar-refractivity contribution is 1.13. The molecule has 3 aromatic rings. The van der Waals surface area contributed by atoms with Gasteiger partial charge in [0, 0.05) is 20.9 Å². The molecule has 0 spiro atoms. The van der Waals surface area contributed by atoms with E-state index in [2.05, 4.69) is 10.2 Å². The van der Waals surface area contributed by atoms with Gasteiger partial charge in [-0.25, -0.2) is 0 Å². The third-order valence-corrected chi connectivity index (χ3v) is 4.22. The highest BCUT2D eigenvalue weighted by molar-refractivity contribution is 7.97. The quantitative estimate of drug-likeness (QED) is 0.630. The predicted octanol–water partition coefficient (Wildman–Crippen LogP) is 3.74. The molecule has 0 saturated carbocycles. The Hall–Kier alpha value is -1.69. The van der Waals surface area contributed by atoms with E-state index in [4.69, 9.17) is 22.5 Å². The number of nitrogens with one attached hydrogen (secondary N) is 1. The maximum absolute atomic E-state index is 6.36. The van der Waals surface area contributed by atoms with Crippen LogP contribution in [0.4, 0.5) is 5.82 Å². The van der Waals surface area contributed by atoms with E-state index in [9.17, 15) is 0 Å². The Balaban J connectivity index is 2.24. The molecule has 102 valence electrons. The molecule has 0 radical (unpaired) electrons. The van der Waals surface area contributed by atoms with Gasteiger partial charge in [0.1, 0.15) is 0 Å². The van der Waals surface area contributed by atoms with Gasteiger partial charge < -0.3 is 5.73 Å². The number of aromatic nitrogens is 2. The van der Waals surface area contributed by atoms with E-state index in [1.807, 2.05) is 37.3 Å². The largest absolute Gasteiger partial charge is 0.382 e. The molecule has 0 amide bonds. The zero-order valence-corrected chi connectivity index (χ0v) is 12.3. The van der Waals surface area contributed by atoms with Crippen LogP contribution in [0.3, 0.4) is 0 Å². The predicted molar refractivity (Wildman–Crippen MR) is 85.7 cm³/mol. The van der Waals surface area contributed by atoms with Crippen LogP contribution in [0.5, 0.6) is 0 Å². The lowest BCUT2D eigenvalue weighted by Gasteiger charge is -2.10. The number of H-pyrrole nitrogens is 1. The van der Waals surface area contributed by atoms with Crippen LogP contribution in [0.2, 0.25) is 5.02 Å². The zero-order valence-electron chi connectivity index (χ0n) is 10.8. The first-order valence-electron chi connectivity index (χ1n) is 6.01. The summed E-state index contributed by atoms with van der Waals surface area (Å²) in [5, 5.41) is 14.1. The second kappa shape index (κ2) is 5.01. The van der Waals surface area contributed by atoms with Crippen LogP contribution in [-0.2, 0) is 0 Å². The smallest absolute Gasteiger partial charge is 0.153 e. The number of aryl methyl sites for hydroxylation is 1. The van der Waals surface area contributed by atoms with Crippen LogP contribution in [0, 0.1) is 6.92 Å². The van der Waals surface area contributed by atoms with E-state index < -0.39 is 0 Å². The second-order valence-electron chi connectivity index (χ2n) is 4.53. The van der Waals surface area contributed by atoms with Crippen LogP contribution in [0.25, 0.3) is 22.0 Å². The number of aromatic amines is 1. The molecule has 0 aliphatic rings. The first-order valence-corrected chi connectivity index (χ1v) is 7.27. The fourth-order valence-corrected chi connectivity index (χ4v) is 3.07. The van der Waals surface area contributed by atoms with E-state index in [1.165, 1.54) is 11.9 Å². The molecular weight excluding hydrogens is 292 g/mol. The Bertz CT molecular complexity index is 797. The number of hydrogen-bond donors (Lipinski definition) is 3. The highest BCUT2D eigenvalue weighted by atomic mass is 35.5. The van der Waals surface area contributed by atoms with E-state index >= 15 is 0 Å². The first-order chi connectivity index (χ1) is 9.61. The monoisotopic (exact) mass is 304 g/mol. The van der Waals surface area contributed by atoms with Crippen molar-refractivity contribution in [3.63, 3.8) is 0 Å². The summed E-state index contributed by atoms with van der Waals surface area (Å²) in [7, 11) is 0. The Morgan fingerprint density at radius 2 is 1.95 bits per heavy atom. The number of anilines is 1. The molecule has 20 heavy (non-hydrogen) atoms. The van der Waals surface area contributed by atoms with Crippen molar-refractivity contribution in [1.82, 2.24) is 10.2 Å². The summed E-state index contributed by atoms with van der Waals surface area (Å²) in [5.74, 6) is 0.504. The highest BCUT2D eigenvalue weighted by Gasteiger charge is 2.13. The van der Waals surface area contributed by atoms with Gasteiger partial charge in [-0.1, -0.05) is 23.7 Å². The third-order valence-electron chi connectivity index (χ3n) is 3.38. The molecule has 0 atom stereocenters. The number of benzene rings is 2. The van der Waals surface area contributed by atoms with E-state index in [1.54, 1.807) is 0 Å². The molecule has 0 bridgehead atoms. The van der Waals surface area contributed by atoms with Gasteiger partial charge >= 0.3 is 0 Å². The minimum Gasteiger partial charge on any atom is -0.382 e.